The van der Waals surface area contributed by atoms with Gasteiger partial charge in [-0.3, -0.25) is 0 Å². The number of benzene rings is 3. The maximum Gasteiger partial charge on any atom is 0.142 e. The van der Waals surface area contributed by atoms with E-state index in [-0.39, 0.29) is 5.02 Å². The lowest BCUT2D eigenvalue weighted by atomic mass is 10.1. The van der Waals surface area contributed by atoms with E-state index in [0.29, 0.717) is 6.54 Å². The van der Waals surface area contributed by atoms with Gasteiger partial charge in [-0.2, -0.15) is 0 Å². The lowest BCUT2D eigenvalue weighted by Crippen LogP contribution is -2.00. The molecule has 0 saturated heterocycles. The molecule has 0 atom stereocenters. The van der Waals surface area contributed by atoms with Gasteiger partial charge in [-0.25, -0.2) is 4.39 Å². The van der Waals surface area contributed by atoms with Gasteiger partial charge in [0.15, 0.2) is 0 Å². The lowest BCUT2D eigenvalue weighted by molar-refractivity contribution is 0.626. The second kappa shape index (κ2) is 6.04. The third kappa shape index (κ3) is 3.04. The monoisotopic (exact) mass is 363 g/mol. The highest BCUT2D eigenvalue weighted by Gasteiger charge is 2.05. The van der Waals surface area contributed by atoms with Crippen LogP contribution in [0.4, 0.5) is 10.1 Å². The number of halogens is 3. The van der Waals surface area contributed by atoms with Crippen molar-refractivity contribution in [3.63, 3.8) is 0 Å². The number of fused-ring (bicyclic) bond motifs is 1. The molecule has 3 rings (SSSR count). The number of hydrogen-bond donors (Lipinski definition) is 1. The van der Waals surface area contributed by atoms with E-state index < -0.39 is 5.82 Å². The Hall–Kier alpha value is -1.58. The van der Waals surface area contributed by atoms with Crippen molar-refractivity contribution in [2.45, 2.75) is 6.54 Å². The maximum atomic E-state index is 13.4. The van der Waals surface area contributed by atoms with Gasteiger partial charge in [-0.05, 0) is 35.2 Å². The topological polar surface area (TPSA) is 12.0 Å². The van der Waals surface area contributed by atoms with E-state index in [1.54, 1.807) is 6.07 Å². The van der Waals surface area contributed by atoms with Gasteiger partial charge in [0.05, 0.1) is 5.02 Å². The fourth-order valence-electron chi connectivity index (χ4n) is 2.26. The molecule has 4 heteroatoms. The molecule has 0 saturated carbocycles. The Labute approximate surface area is 135 Å². The molecule has 3 aromatic carbocycles. The van der Waals surface area contributed by atoms with Crippen LogP contribution in [-0.4, -0.2) is 0 Å². The molecule has 3 aromatic rings. The zero-order valence-electron chi connectivity index (χ0n) is 11.0. The highest BCUT2D eigenvalue weighted by Crippen LogP contribution is 2.30. The molecule has 0 amide bonds. The van der Waals surface area contributed by atoms with E-state index in [1.807, 2.05) is 30.3 Å². The summed E-state index contributed by atoms with van der Waals surface area (Å²) in [5, 5.41) is 5.76. The summed E-state index contributed by atoms with van der Waals surface area (Å²) in [6, 6.07) is 17.0. The van der Waals surface area contributed by atoms with Crippen LogP contribution < -0.4 is 5.32 Å². The average Bonchev–Trinajstić information content (AvgIpc) is 2.50. The zero-order valence-corrected chi connectivity index (χ0v) is 13.4. The molecule has 0 aromatic heterocycles. The minimum atomic E-state index is -0.392. The first kappa shape index (κ1) is 14.4. The summed E-state index contributed by atoms with van der Waals surface area (Å²) in [5.41, 5.74) is 1.87. The van der Waals surface area contributed by atoms with Crippen LogP contribution in [0.15, 0.2) is 59.1 Å². The summed E-state index contributed by atoms with van der Waals surface area (Å²) in [6.07, 6.45) is 0. The third-order valence-electron chi connectivity index (χ3n) is 3.34. The Morgan fingerprint density at radius 2 is 1.76 bits per heavy atom. The van der Waals surface area contributed by atoms with Gasteiger partial charge in [-0.15, -0.1) is 0 Å². The van der Waals surface area contributed by atoms with E-state index >= 15 is 0 Å². The van der Waals surface area contributed by atoms with Crippen LogP contribution in [0.3, 0.4) is 0 Å². The number of nitrogens with one attached hydrogen (secondary N) is 1. The van der Waals surface area contributed by atoms with Crippen LogP contribution in [-0.2, 0) is 6.54 Å². The molecule has 0 fully saturated rings. The maximum absolute atomic E-state index is 13.4. The summed E-state index contributed by atoms with van der Waals surface area (Å²) >= 11 is 9.25. The molecule has 0 spiro atoms. The molecule has 0 bridgehead atoms. The lowest BCUT2D eigenvalue weighted by Gasteiger charge is -2.11. The normalized spacial score (nSPS) is 10.8. The summed E-state index contributed by atoms with van der Waals surface area (Å²) in [6.45, 7) is 0.541. The van der Waals surface area contributed by atoms with Crippen molar-refractivity contribution in [2.24, 2.45) is 0 Å². The molecular weight excluding hydrogens is 353 g/mol. The van der Waals surface area contributed by atoms with Crippen molar-refractivity contribution in [1.29, 1.82) is 0 Å². The Bertz CT molecular complexity index is 804. The number of hydrogen-bond acceptors (Lipinski definition) is 1. The van der Waals surface area contributed by atoms with Gasteiger partial charge < -0.3 is 5.32 Å². The Morgan fingerprint density at radius 3 is 2.52 bits per heavy atom. The molecular formula is C17H12BrClFN. The minimum Gasteiger partial charge on any atom is -0.380 e. The highest BCUT2D eigenvalue weighted by molar-refractivity contribution is 9.10. The van der Waals surface area contributed by atoms with E-state index in [4.69, 9.17) is 11.6 Å². The fourth-order valence-corrected chi connectivity index (χ4v) is 2.86. The van der Waals surface area contributed by atoms with Crippen molar-refractivity contribution >= 4 is 44.0 Å². The second-order valence-electron chi connectivity index (χ2n) is 4.74. The fraction of sp³-hybridized carbons (Fsp3) is 0.0588. The first-order valence-electron chi connectivity index (χ1n) is 6.50. The molecule has 0 heterocycles. The van der Waals surface area contributed by atoms with Gasteiger partial charge in [0, 0.05) is 22.1 Å². The van der Waals surface area contributed by atoms with Crippen LogP contribution >= 0.6 is 27.5 Å². The third-order valence-corrected chi connectivity index (χ3v) is 4.34. The zero-order chi connectivity index (χ0) is 14.8. The van der Waals surface area contributed by atoms with Crippen molar-refractivity contribution in [3.8, 4) is 0 Å². The minimum absolute atomic E-state index is 0.146. The number of anilines is 1. The summed E-state index contributed by atoms with van der Waals surface area (Å²) in [5.74, 6) is -0.392. The average molecular weight is 365 g/mol. The SMILES string of the molecule is Fc1cc(CNc2ccc(Br)c3ccccc23)ccc1Cl. The number of rotatable bonds is 3. The first-order chi connectivity index (χ1) is 10.1. The van der Waals surface area contributed by atoms with E-state index in [1.165, 1.54) is 6.07 Å². The molecule has 21 heavy (non-hydrogen) atoms. The van der Waals surface area contributed by atoms with Crippen LogP contribution in [0.25, 0.3) is 10.8 Å². The molecule has 0 aliphatic heterocycles. The Balaban J connectivity index is 1.88. The molecule has 1 N–H and O–H groups in total. The Morgan fingerprint density at radius 1 is 1.00 bits per heavy atom. The van der Waals surface area contributed by atoms with Crippen LogP contribution in [0.2, 0.25) is 5.02 Å². The van der Waals surface area contributed by atoms with E-state index in [0.717, 1.165) is 26.5 Å². The summed E-state index contributed by atoms with van der Waals surface area (Å²) in [7, 11) is 0. The predicted octanol–water partition coefficient (Wildman–Crippen LogP) is 6.01. The second-order valence-corrected chi connectivity index (χ2v) is 6.00. The summed E-state index contributed by atoms with van der Waals surface area (Å²) < 4.78 is 14.5. The molecule has 0 aliphatic carbocycles. The smallest absolute Gasteiger partial charge is 0.142 e. The molecule has 0 aliphatic rings. The van der Waals surface area contributed by atoms with Crippen molar-refractivity contribution in [1.82, 2.24) is 0 Å². The van der Waals surface area contributed by atoms with Gasteiger partial charge in [0.2, 0.25) is 0 Å². The van der Waals surface area contributed by atoms with Crippen LogP contribution in [0, 0.1) is 5.82 Å². The largest absolute Gasteiger partial charge is 0.380 e. The summed E-state index contributed by atoms with van der Waals surface area (Å²) in [4.78, 5) is 0. The quantitative estimate of drug-likeness (QED) is 0.600. The van der Waals surface area contributed by atoms with E-state index in [2.05, 4.69) is 33.4 Å². The molecule has 0 radical (unpaired) electrons. The molecule has 0 unspecified atom stereocenters. The van der Waals surface area contributed by atoms with Gasteiger partial charge in [0.25, 0.3) is 0 Å². The molecule has 1 nitrogen and oxygen atoms in total. The first-order valence-corrected chi connectivity index (χ1v) is 7.67. The van der Waals surface area contributed by atoms with Gasteiger partial charge in [0.1, 0.15) is 5.82 Å². The van der Waals surface area contributed by atoms with Crippen molar-refractivity contribution in [2.75, 3.05) is 5.32 Å². The van der Waals surface area contributed by atoms with Crippen LogP contribution in [0.5, 0.6) is 0 Å². The van der Waals surface area contributed by atoms with Gasteiger partial charge in [-0.1, -0.05) is 57.9 Å². The Kier molecular flexibility index (Phi) is 4.13. The predicted molar refractivity (Wildman–Crippen MR) is 90.4 cm³/mol. The van der Waals surface area contributed by atoms with Crippen molar-refractivity contribution < 1.29 is 4.39 Å². The van der Waals surface area contributed by atoms with Crippen LogP contribution in [0.1, 0.15) is 5.56 Å². The standard InChI is InChI=1S/C17H12BrClFN/c18-14-6-8-17(13-4-2-1-3-12(13)14)21-10-11-5-7-15(19)16(20)9-11/h1-9,21H,10H2. The van der Waals surface area contributed by atoms with Gasteiger partial charge >= 0.3 is 0 Å². The van der Waals surface area contributed by atoms with E-state index in [9.17, 15) is 4.39 Å². The molecule has 106 valence electrons. The highest BCUT2D eigenvalue weighted by atomic mass is 79.9. The van der Waals surface area contributed by atoms with Crippen molar-refractivity contribution in [3.05, 3.63) is 75.5 Å².